The Balaban J connectivity index is 2.56. The van der Waals surface area contributed by atoms with Crippen molar-refractivity contribution < 1.29 is 5.11 Å². The van der Waals surface area contributed by atoms with Gasteiger partial charge in [0.25, 0.3) is 5.95 Å². The summed E-state index contributed by atoms with van der Waals surface area (Å²) >= 11 is 0. The number of hydrogen-bond acceptors (Lipinski definition) is 5. The monoisotopic (exact) mass is 171 g/mol. The van der Waals surface area contributed by atoms with Gasteiger partial charge in [0.2, 0.25) is 0 Å². The molecule has 0 radical (unpaired) electrons. The predicted octanol–water partition coefficient (Wildman–Crippen LogP) is -0.593. The molecule has 1 aromatic rings. The number of aliphatic hydroxyl groups is 1. The Morgan fingerprint density at radius 3 is 2.67 bits per heavy atom. The SMILES string of the molecule is CN(CC(C)(C)O)c1nn[nH]n1. The molecule has 1 rings (SSSR count). The summed E-state index contributed by atoms with van der Waals surface area (Å²) in [5, 5.41) is 22.8. The molecular formula is C6H13N5O. The Morgan fingerprint density at radius 1 is 1.58 bits per heavy atom. The molecule has 0 bridgehead atoms. The molecular weight excluding hydrogens is 158 g/mol. The minimum Gasteiger partial charge on any atom is -0.389 e. The second-order valence-corrected chi connectivity index (χ2v) is 3.38. The molecule has 1 aromatic heterocycles. The number of hydrogen-bond donors (Lipinski definition) is 2. The van der Waals surface area contributed by atoms with Crippen LogP contribution in [-0.2, 0) is 0 Å². The molecule has 0 saturated carbocycles. The number of tetrazole rings is 1. The van der Waals surface area contributed by atoms with E-state index in [-0.39, 0.29) is 0 Å². The molecule has 6 heteroatoms. The Hall–Kier alpha value is -1.17. The fraction of sp³-hybridized carbons (Fsp3) is 0.833. The van der Waals surface area contributed by atoms with Crippen LogP contribution in [0.3, 0.4) is 0 Å². The highest BCUT2D eigenvalue weighted by molar-refractivity contribution is 5.24. The Bertz CT molecular complexity index is 227. The van der Waals surface area contributed by atoms with Gasteiger partial charge < -0.3 is 10.0 Å². The summed E-state index contributed by atoms with van der Waals surface area (Å²) in [5.41, 5.74) is -0.755. The van der Waals surface area contributed by atoms with Crippen molar-refractivity contribution in [1.29, 1.82) is 0 Å². The molecule has 0 atom stereocenters. The molecule has 0 saturated heterocycles. The lowest BCUT2D eigenvalue weighted by Gasteiger charge is -2.23. The maximum Gasteiger partial charge on any atom is 0.265 e. The molecule has 0 aromatic carbocycles. The minimum absolute atomic E-state index is 0.465. The van der Waals surface area contributed by atoms with Crippen LogP contribution in [0.15, 0.2) is 0 Å². The molecule has 0 unspecified atom stereocenters. The van der Waals surface area contributed by atoms with Crippen LogP contribution in [0.4, 0.5) is 5.95 Å². The van der Waals surface area contributed by atoms with Crippen molar-refractivity contribution >= 4 is 5.95 Å². The van der Waals surface area contributed by atoms with E-state index < -0.39 is 5.60 Å². The number of aromatic amines is 1. The lowest BCUT2D eigenvalue weighted by molar-refractivity contribution is 0.0883. The summed E-state index contributed by atoms with van der Waals surface area (Å²) in [6, 6.07) is 0. The van der Waals surface area contributed by atoms with Crippen LogP contribution in [0.5, 0.6) is 0 Å². The summed E-state index contributed by atoms with van der Waals surface area (Å²) in [6.07, 6.45) is 0. The standard InChI is InChI=1S/C6H13N5O/c1-6(2,12)4-11(3)5-7-9-10-8-5/h12H,4H2,1-3H3,(H,7,8,9,10). The van der Waals surface area contributed by atoms with Gasteiger partial charge in [-0.05, 0) is 19.1 Å². The normalized spacial score (nSPS) is 11.7. The van der Waals surface area contributed by atoms with E-state index in [1.165, 1.54) is 0 Å². The highest BCUT2D eigenvalue weighted by Gasteiger charge is 2.17. The lowest BCUT2D eigenvalue weighted by Crippen LogP contribution is -2.36. The molecule has 0 fully saturated rings. The Labute approximate surface area is 70.6 Å². The molecule has 1 heterocycles. The van der Waals surface area contributed by atoms with Crippen molar-refractivity contribution in [2.45, 2.75) is 19.4 Å². The molecule has 6 nitrogen and oxygen atoms in total. The first-order valence-electron chi connectivity index (χ1n) is 3.66. The smallest absolute Gasteiger partial charge is 0.265 e. The van der Waals surface area contributed by atoms with Crippen molar-refractivity contribution in [3.05, 3.63) is 0 Å². The number of anilines is 1. The number of nitrogens with one attached hydrogen (secondary N) is 1. The topological polar surface area (TPSA) is 77.9 Å². The van der Waals surface area contributed by atoms with Crippen molar-refractivity contribution in [2.24, 2.45) is 0 Å². The fourth-order valence-corrected chi connectivity index (χ4v) is 0.969. The number of likely N-dealkylation sites (N-methyl/N-ethyl adjacent to an activating group) is 1. The Kier molecular flexibility index (Phi) is 2.27. The Morgan fingerprint density at radius 2 is 2.25 bits per heavy atom. The zero-order chi connectivity index (χ0) is 9.19. The van der Waals surface area contributed by atoms with Gasteiger partial charge in [-0.2, -0.15) is 5.21 Å². The summed E-state index contributed by atoms with van der Waals surface area (Å²) in [7, 11) is 1.79. The van der Waals surface area contributed by atoms with Crippen molar-refractivity contribution in [3.63, 3.8) is 0 Å². The zero-order valence-electron chi connectivity index (χ0n) is 7.44. The molecule has 2 N–H and O–H groups in total. The summed E-state index contributed by atoms with van der Waals surface area (Å²) < 4.78 is 0. The van der Waals surface area contributed by atoms with E-state index >= 15 is 0 Å². The van der Waals surface area contributed by atoms with E-state index in [1.54, 1.807) is 25.8 Å². The zero-order valence-corrected chi connectivity index (χ0v) is 7.44. The van der Waals surface area contributed by atoms with Crippen LogP contribution in [0, 0.1) is 0 Å². The molecule has 12 heavy (non-hydrogen) atoms. The molecule has 0 aliphatic carbocycles. The summed E-state index contributed by atoms with van der Waals surface area (Å²) in [5.74, 6) is 0.483. The van der Waals surface area contributed by atoms with Crippen LogP contribution in [0.25, 0.3) is 0 Å². The summed E-state index contributed by atoms with van der Waals surface area (Å²) in [4.78, 5) is 1.73. The third kappa shape index (κ3) is 2.46. The quantitative estimate of drug-likeness (QED) is 0.635. The van der Waals surface area contributed by atoms with Gasteiger partial charge in [-0.1, -0.05) is 5.10 Å². The lowest BCUT2D eigenvalue weighted by atomic mass is 10.1. The third-order valence-electron chi connectivity index (χ3n) is 1.30. The number of nitrogens with zero attached hydrogens (tertiary/aromatic N) is 4. The van der Waals surface area contributed by atoms with Gasteiger partial charge in [0.1, 0.15) is 0 Å². The average Bonchev–Trinajstić information content (AvgIpc) is 2.32. The fourth-order valence-electron chi connectivity index (χ4n) is 0.969. The largest absolute Gasteiger partial charge is 0.389 e. The second kappa shape index (κ2) is 3.06. The van der Waals surface area contributed by atoms with E-state index in [0.29, 0.717) is 12.5 Å². The van der Waals surface area contributed by atoms with E-state index in [1.807, 2.05) is 0 Å². The first-order chi connectivity index (χ1) is 5.49. The van der Waals surface area contributed by atoms with Crippen LogP contribution in [0.1, 0.15) is 13.8 Å². The highest BCUT2D eigenvalue weighted by atomic mass is 16.3. The summed E-state index contributed by atoms with van der Waals surface area (Å²) in [6.45, 7) is 3.92. The van der Waals surface area contributed by atoms with Gasteiger partial charge in [0, 0.05) is 13.6 Å². The van der Waals surface area contributed by atoms with Crippen molar-refractivity contribution in [2.75, 3.05) is 18.5 Å². The number of rotatable bonds is 3. The molecule has 68 valence electrons. The molecule has 0 amide bonds. The first kappa shape index (κ1) is 8.92. The van der Waals surface area contributed by atoms with Gasteiger partial charge in [-0.25, -0.2) is 0 Å². The minimum atomic E-state index is -0.755. The third-order valence-corrected chi connectivity index (χ3v) is 1.30. The molecule has 0 aliphatic rings. The number of H-pyrrole nitrogens is 1. The van der Waals surface area contributed by atoms with Gasteiger partial charge in [-0.15, -0.1) is 5.10 Å². The van der Waals surface area contributed by atoms with Gasteiger partial charge >= 0.3 is 0 Å². The van der Waals surface area contributed by atoms with E-state index in [2.05, 4.69) is 20.6 Å². The van der Waals surface area contributed by atoms with Crippen molar-refractivity contribution in [3.8, 4) is 0 Å². The van der Waals surface area contributed by atoms with E-state index in [4.69, 9.17) is 0 Å². The first-order valence-corrected chi connectivity index (χ1v) is 3.66. The van der Waals surface area contributed by atoms with Crippen LogP contribution < -0.4 is 4.90 Å². The van der Waals surface area contributed by atoms with Gasteiger partial charge in [0.05, 0.1) is 5.60 Å². The van der Waals surface area contributed by atoms with Crippen molar-refractivity contribution in [1.82, 2.24) is 20.6 Å². The second-order valence-electron chi connectivity index (χ2n) is 3.38. The van der Waals surface area contributed by atoms with Gasteiger partial charge in [-0.3, -0.25) is 0 Å². The van der Waals surface area contributed by atoms with E-state index in [0.717, 1.165) is 0 Å². The number of aromatic nitrogens is 4. The maximum atomic E-state index is 9.46. The molecule has 0 spiro atoms. The maximum absolute atomic E-state index is 9.46. The predicted molar refractivity (Wildman–Crippen MR) is 43.7 cm³/mol. The van der Waals surface area contributed by atoms with Crippen LogP contribution >= 0.6 is 0 Å². The van der Waals surface area contributed by atoms with Crippen LogP contribution in [-0.4, -0.2) is 44.9 Å². The highest BCUT2D eigenvalue weighted by Crippen LogP contribution is 2.07. The van der Waals surface area contributed by atoms with Crippen LogP contribution in [0.2, 0.25) is 0 Å². The average molecular weight is 171 g/mol. The van der Waals surface area contributed by atoms with E-state index in [9.17, 15) is 5.11 Å². The van der Waals surface area contributed by atoms with Gasteiger partial charge in [0.15, 0.2) is 0 Å². The molecule has 0 aliphatic heterocycles.